The average molecular weight is 1320 g/mol. The number of methoxy groups -OCH3 is 2. The van der Waals surface area contributed by atoms with Crippen molar-refractivity contribution < 1.29 is 47.1 Å². The molecule has 16 nitrogen and oxygen atoms in total. The molecule has 4 heterocycles. The molecule has 1 N–H and O–H groups in total. The summed E-state index contributed by atoms with van der Waals surface area (Å²) in [4.78, 5) is 42.0. The Bertz CT molecular complexity index is 3610. The van der Waals surface area contributed by atoms with Crippen LogP contribution in [0.15, 0.2) is 175 Å². The molecule has 2 saturated heterocycles. The van der Waals surface area contributed by atoms with Crippen molar-refractivity contribution in [2.24, 2.45) is 5.41 Å². The maximum atomic E-state index is 13.5. The number of rotatable bonds is 32. The number of fused-ring (bicyclic) bond motifs is 1. The summed E-state index contributed by atoms with van der Waals surface area (Å²) in [6.07, 6.45) is 6.45. The minimum atomic E-state index is -1.72. The average Bonchev–Trinajstić information content (AvgIpc) is 1.52. The Morgan fingerprint density at radius 3 is 1.98 bits per heavy atom. The second-order valence-corrected chi connectivity index (χ2v) is 29.3. The number of ether oxygens (including phenoxy) is 6. The number of Topliss-reactive ketones (excluding diaryl/α,β-unsaturated/α-hetero) is 1. The van der Waals surface area contributed by atoms with Crippen LogP contribution in [0.4, 0.5) is 5.82 Å². The number of carbonyl (C=O) groups is 2. The third kappa shape index (κ3) is 17.1. The van der Waals surface area contributed by atoms with Gasteiger partial charge < -0.3 is 42.8 Å². The molecule has 2 fully saturated rings. The minimum absolute atomic E-state index is 0.0540. The van der Waals surface area contributed by atoms with E-state index in [1.54, 1.807) is 54.3 Å². The van der Waals surface area contributed by atoms with Crippen molar-refractivity contribution in [2.45, 2.75) is 159 Å². The molecule has 0 saturated carbocycles. The molecule has 0 bridgehead atoms. The summed E-state index contributed by atoms with van der Waals surface area (Å²) >= 11 is 0. The van der Waals surface area contributed by atoms with Crippen LogP contribution in [-0.2, 0) is 51.2 Å². The van der Waals surface area contributed by atoms with E-state index in [1.165, 1.54) is 11.9 Å². The van der Waals surface area contributed by atoms with Gasteiger partial charge in [0.25, 0.3) is 14.4 Å². The van der Waals surface area contributed by atoms with Crippen molar-refractivity contribution >= 4 is 58.8 Å². The zero-order valence-electron chi connectivity index (χ0n) is 55.2. The number of benzene rings is 6. The molecule has 2 aliphatic heterocycles. The Balaban J connectivity index is 0.855. The highest BCUT2D eigenvalue weighted by molar-refractivity contribution is 8.77. The monoisotopic (exact) mass is 1320 g/mol. The number of imidazole rings is 1. The Hall–Kier alpha value is -6.54. The third-order valence-electron chi connectivity index (χ3n) is 17.7. The van der Waals surface area contributed by atoms with E-state index in [9.17, 15) is 9.59 Å². The molecule has 8 aromatic rings. The van der Waals surface area contributed by atoms with Crippen molar-refractivity contribution in [3.63, 3.8) is 0 Å². The number of ketones is 1. The van der Waals surface area contributed by atoms with Crippen molar-refractivity contribution in [1.82, 2.24) is 24.2 Å². The van der Waals surface area contributed by atoms with Crippen LogP contribution < -0.4 is 14.8 Å². The maximum absolute atomic E-state index is 13.5. The molecule has 10 rings (SSSR count). The quantitative estimate of drug-likeness (QED) is 0.0240. The summed E-state index contributed by atoms with van der Waals surface area (Å²) < 4.78 is 57.0. The largest absolute Gasteiger partial charge is 0.497 e. The lowest BCUT2D eigenvalue weighted by molar-refractivity contribution is -0.235. The van der Waals surface area contributed by atoms with Gasteiger partial charge in [-0.15, -0.1) is 0 Å². The van der Waals surface area contributed by atoms with E-state index in [-0.39, 0.29) is 52.7 Å². The molecule has 2 aliphatic rings. The van der Waals surface area contributed by atoms with E-state index in [1.807, 2.05) is 89.5 Å². The van der Waals surface area contributed by atoms with Gasteiger partial charge in [0.1, 0.15) is 41.5 Å². The van der Waals surface area contributed by atoms with Crippen LogP contribution in [0.5, 0.6) is 11.5 Å². The van der Waals surface area contributed by atoms with Gasteiger partial charge in [-0.2, -0.15) is 0 Å². The highest BCUT2D eigenvalue weighted by atomic mass is 33.1. The number of aromatic nitrogens is 4. The van der Waals surface area contributed by atoms with Crippen LogP contribution in [0.2, 0.25) is 0 Å². The molecular weight excluding hydrogens is 1230 g/mol. The number of hydrogen-bond acceptors (Lipinski definition) is 16. The molecule has 0 aliphatic carbocycles. The van der Waals surface area contributed by atoms with Crippen LogP contribution >= 0.6 is 30.1 Å². The highest BCUT2D eigenvalue weighted by Crippen LogP contribution is 2.52. The van der Waals surface area contributed by atoms with Crippen molar-refractivity contribution in [1.29, 1.82) is 0 Å². The zero-order chi connectivity index (χ0) is 65.5. The second kappa shape index (κ2) is 32.3. The van der Waals surface area contributed by atoms with Gasteiger partial charge >= 0.3 is 0 Å². The van der Waals surface area contributed by atoms with Crippen LogP contribution in [0.1, 0.15) is 150 Å². The van der Waals surface area contributed by atoms with Gasteiger partial charge in [-0.25, -0.2) is 19.6 Å². The van der Waals surface area contributed by atoms with E-state index in [2.05, 4.69) is 131 Å². The fourth-order valence-electron chi connectivity index (χ4n) is 11.9. The van der Waals surface area contributed by atoms with E-state index in [4.69, 9.17) is 47.4 Å². The Labute approximate surface area is 557 Å². The number of nitrogens with zero attached hydrogens (tertiary/aromatic N) is 5. The molecule has 2 aromatic heterocycles. The smallest absolute Gasteiger partial charge is 0.259 e. The molecule has 1 amide bonds. The summed E-state index contributed by atoms with van der Waals surface area (Å²) in [7, 11) is 5.15. The standard InChI is InChI=1S/C74H89N6O10PS2/c1-11-73(12-2)47-85-71(86-48-73)56-30-27-53(28-31-56)29-36-60(81)41-43-72(7,8)93-92-65-26-20-19-21-54(65)42-44-88-91(80(51(3)4)52(5)6)90-63-45-66(79-50-77-67-68(75-49-76-69(67)79)78-70(82)55-22-15-13-16-23-55)89-64(63)46-87-74(57-24-17-14-18-25-57,58-32-37-61(83-9)38-33-58)59-34-39-62(84-10)40-35-59/h13-28,30-35,37-40,49-52,63-64,66,71H,11-12,29,36,41-48H2,1-10H3,(H,75,76,78,82). The molecule has 6 aromatic carbocycles. The van der Waals surface area contributed by atoms with Crippen LogP contribution in [0.25, 0.3) is 11.2 Å². The van der Waals surface area contributed by atoms with Crippen molar-refractivity contribution in [3.05, 3.63) is 209 Å². The topological polar surface area (TPSA) is 167 Å². The Morgan fingerprint density at radius 1 is 0.742 bits per heavy atom. The van der Waals surface area contributed by atoms with E-state index in [0.29, 0.717) is 80.2 Å². The van der Waals surface area contributed by atoms with Crippen molar-refractivity contribution in [3.8, 4) is 11.5 Å². The lowest BCUT2D eigenvalue weighted by atomic mass is 9.80. The van der Waals surface area contributed by atoms with Gasteiger partial charge in [0, 0.05) is 57.5 Å². The molecule has 19 heteroatoms. The first kappa shape index (κ1) is 69.3. The van der Waals surface area contributed by atoms with E-state index >= 15 is 0 Å². The first-order chi connectivity index (χ1) is 45.0. The number of hydrogen-bond donors (Lipinski definition) is 1. The predicted molar refractivity (Wildman–Crippen MR) is 371 cm³/mol. The molecule has 0 radical (unpaired) electrons. The second-order valence-electron chi connectivity index (χ2n) is 25.1. The number of amides is 1. The van der Waals surface area contributed by atoms with Gasteiger partial charge in [0.15, 0.2) is 23.3 Å². The maximum Gasteiger partial charge on any atom is 0.259 e. The summed E-state index contributed by atoms with van der Waals surface area (Å²) in [5.74, 6) is 1.66. The summed E-state index contributed by atoms with van der Waals surface area (Å²) in [6, 6.07) is 52.1. The number of carbonyl (C=O) groups excluding carboxylic acids is 2. The number of nitrogens with one attached hydrogen (secondary N) is 1. The molecule has 93 heavy (non-hydrogen) atoms. The van der Waals surface area contributed by atoms with Crippen LogP contribution in [0.3, 0.4) is 0 Å². The van der Waals surface area contributed by atoms with E-state index < -0.39 is 32.6 Å². The van der Waals surface area contributed by atoms with Gasteiger partial charge in [-0.1, -0.05) is 151 Å². The van der Waals surface area contributed by atoms with Gasteiger partial charge in [0.05, 0.1) is 53.1 Å². The highest BCUT2D eigenvalue weighted by Gasteiger charge is 2.46. The van der Waals surface area contributed by atoms with Crippen LogP contribution in [-0.4, -0.2) is 106 Å². The first-order valence-electron chi connectivity index (χ1n) is 32.4. The van der Waals surface area contributed by atoms with Gasteiger partial charge in [0.2, 0.25) is 0 Å². The molecule has 4 unspecified atom stereocenters. The number of anilines is 1. The summed E-state index contributed by atoms with van der Waals surface area (Å²) in [5.41, 5.74) is 6.30. The Kier molecular flexibility index (Phi) is 24.0. The summed E-state index contributed by atoms with van der Waals surface area (Å²) in [5, 5.41) is 2.95. The minimum Gasteiger partial charge on any atom is -0.497 e. The van der Waals surface area contributed by atoms with E-state index in [0.717, 1.165) is 52.0 Å². The molecular formula is C74H89N6O10PS2. The Morgan fingerprint density at radius 2 is 1.35 bits per heavy atom. The SMILES string of the molecule is CCC1(CC)COC(c2ccc(CCC(=O)CCC(C)(C)SSc3ccccc3CCOP(OC3CC(n4cnc5c(NC(=O)c6ccccc6)ncnc54)OC3COC(c3ccccc3)(c3ccc(OC)cc3)c3ccc(OC)cc3)N(C(C)C)C(C)C)cc2)OC1. The molecule has 492 valence electrons. The fourth-order valence-corrected chi connectivity index (χ4v) is 16.3. The van der Waals surface area contributed by atoms with Gasteiger partial charge in [-0.05, 0) is 144 Å². The number of aryl methyl sites for hydroxylation is 1. The predicted octanol–water partition coefficient (Wildman–Crippen LogP) is 16.7. The first-order valence-corrected chi connectivity index (χ1v) is 35.7. The zero-order valence-corrected chi connectivity index (χ0v) is 57.7. The molecule has 0 spiro atoms. The van der Waals surface area contributed by atoms with Crippen molar-refractivity contribution in [2.75, 3.05) is 46.0 Å². The lowest BCUT2D eigenvalue weighted by Gasteiger charge is -2.39. The molecule has 4 atom stereocenters. The third-order valence-corrected chi connectivity index (χ3v) is 23.3. The summed E-state index contributed by atoms with van der Waals surface area (Å²) in [6.45, 7) is 19.4. The van der Waals surface area contributed by atoms with Gasteiger partial charge in [-0.3, -0.25) is 14.2 Å². The lowest BCUT2D eigenvalue weighted by Crippen LogP contribution is -2.39. The fraction of sp³-hybridized carbons (Fsp3) is 0.419. The van der Waals surface area contributed by atoms with Crippen LogP contribution in [0, 0.1) is 5.41 Å². The normalized spacial score (nSPS) is 17.3.